The van der Waals surface area contributed by atoms with E-state index in [0.717, 1.165) is 18.4 Å². The quantitative estimate of drug-likeness (QED) is 0.823. The number of carbonyl (C=O) groups is 1. The Balaban J connectivity index is 2.00. The largest absolute Gasteiger partial charge is 0.480 e. The molecule has 1 unspecified atom stereocenters. The molecule has 0 heterocycles. The Hall–Kier alpha value is -1.35. The lowest BCUT2D eigenvalue weighted by Crippen LogP contribution is -2.39. The van der Waals surface area contributed by atoms with Crippen molar-refractivity contribution in [2.45, 2.75) is 25.4 Å². The number of likely N-dealkylation sites (N-methyl/N-ethyl adjacent to an activating group) is 1. The first kappa shape index (κ1) is 11.1. The summed E-state index contributed by atoms with van der Waals surface area (Å²) in [6, 6.07) is 9.68. The number of hydrogen-bond donors (Lipinski definition) is 1. The molecule has 0 amide bonds. The summed E-state index contributed by atoms with van der Waals surface area (Å²) in [4.78, 5) is 13.1. The van der Waals surface area contributed by atoms with Crippen LogP contribution in [-0.2, 0) is 11.3 Å². The predicted octanol–water partition coefficient (Wildman–Crippen LogP) is 1.98. The van der Waals surface area contributed by atoms with Crippen molar-refractivity contribution in [3.8, 4) is 0 Å². The van der Waals surface area contributed by atoms with E-state index in [2.05, 4.69) is 0 Å². The van der Waals surface area contributed by atoms with Crippen molar-refractivity contribution in [1.82, 2.24) is 4.90 Å². The summed E-state index contributed by atoms with van der Waals surface area (Å²) in [5, 5.41) is 9.19. The first-order valence-corrected chi connectivity index (χ1v) is 5.65. The zero-order chi connectivity index (χ0) is 11.5. The highest BCUT2D eigenvalue weighted by Gasteiger charge is 2.38. The minimum atomic E-state index is -0.694. The van der Waals surface area contributed by atoms with Crippen LogP contribution in [0.3, 0.4) is 0 Å². The van der Waals surface area contributed by atoms with Crippen LogP contribution in [-0.4, -0.2) is 29.1 Å². The molecule has 0 bridgehead atoms. The van der Waals surface area contributed by atoms with Gasteiger partial charge in [0.05, 0.1) is 0 Å². The molecule has 0 radical (unpaired) electrons. The molecule has 3 heteroatoms. The molecule has 1 N–H and O–H groups in total. The number of hydrogen-bond acceptors (Lipinski definition) is 2. The van der Waals surface area contributed by atoms with Crippen LogP contribution < -0.4 is 0 Å². The van der Waals surface area contributed by atoms with Crippen molar-refractivity contribution >= 4 is 5.97 Å². The van der Waals surface area contributed by atoms with E-state index in [0.29, 0.717) is 12.5 Å². The lowest BCUT2D eigenvalue weighted by atomic mass is 10.1. The Kier molecular flexibility index (Phi) is 3.25. The summed E-state index contributed by atoms with van der Waals surface area (Å²) in [5.74, 6) is -0.341. The highest BCUT2D eigenvalue weighted by Crippen LogP contribution is 2.35. The van der Waals surface area contributed by atoms with Crippen LogP contribution in [0.15, 0.2) is 30.3 Å². The zero-order valence-electron chi connectivity index (χ0n) is 9.47. The van der Waals surface area contributed by atoms with Gasteiger partial charge in [0, 0.05) is 6.54 Å². The third-order valence-electron chi connectivity index (χ3n) is 3.07. The molecular formula is C13H17NO2. The van der Waals surface area contributed by atoms with Gasteiger partial charge in [-0.3, -0.25) is 9.69 Å². The van der Waals surface area contributed by atoms with Gasteiger partial charge in [-0.15, -0.1) is 0 Å². The molecule has 1 saturated carbocycles. The molecule has 1 aromatic carbocycles. The molecule has 16 heavy (non-hydrogen) atoms. The van der Waals surface area contributed by atoms with E-state index in [1.165, 1.54) is 0 Å². The number of rotatable bonds is 5. The third kappa shape index (κ3) is 2.61. The van der Waals surface area contributed by atoms with Gasteiger partial charge in [0.15, 0.2) is 0 Å². The molecule has 3 nitrogen and oxygen atoms in total. The van der Waals surface area contributed by atoms with Gasteiger partial charge in [-0.2, -0.15) is 0 Å². The normalized spacial score (nSPS) is 17.4. The average Bonchev–Trinajstić information content (AvgIpc) is 3.03. The standard InChI is InChI=1S/C13H17NO2/c1-14(9-10-5-3-2-4-6-10)12(13(15)16)11-7-8-11/h2-6,11-12H,7-9H2,1H3,(H,15,16). The van der Waals surface area contributed by atoms with Crippen LogP contribution in [0.1, 0.15) is 18.4 Å². The van der Waals surface area contributed by atoms with E-state index >= 15 is 0 Å². The highest BCUT2D eigenvalue weighted by molar-refractivity contribution is 5.74. The summed E-state index contributed by atoms with van der Waals surface area (Å²) in [5.41, 5.74) is 1.16. The lowest BCUT2D eigenvalue weighted by molar-refractivity contribution is -0.143. The van der Waals surface area contributed by atoms with Gasteiger partial charge in [0.1, 0.15) is 6.04 Å². The fourth-order valence-corrected chi connectivity index (χ4v) is 2.13. The number of nitrogens with zero attached hydrogens (tertiary/aromatic N) is 1. The zero-order valence-corrected chi connectivity index (χ0v) is 9.47. The first-order valence-electron chi connectivity index (χ1n) is 5.65. The summed E-state index contributed by atoms with van der Waals surface area (Å²) >= 11 is 0. The van der Waals surface area contributed by atoms with Crippen molar-refractivity contribution < 1.29 is 9.90 Å². The van der Waals surface area contributed by atoms with Crippen LogP contribution in [0.2, 0.25) is 0 Å². The SMILES string of the molecule is CN(Cc1ccccc1)C(C(=O)O)C1CC1. The maximum atomic E-state index is 11.2. The molecule has 0 aromatic heterocycles. The number of aliphatic carboxylic acids is 1. The highest BCUT2D eigenvalue weighted by atomic mass is 16.4. The predicted molar refractivity (Wildman–Crippen MR) is 62.1 cm³/mol. The van der Waals surface area contributed by atoms with Gasteiger partial charge in [0.25, 0.3) is 0 Å². The van der Waals surface area contributed by atoms with Crippen molar-refractivity contribution in [1.29, 1.82) is 0 Å². The number of carboxylic acids is 1. The molecule has 2 rings (SSSR count). The monoisotopic (exact) mass is 219 g/mol. The average molecular weight is 219 g/mol. The van der Waals surface area contributed by atoms with Gasteiger partial charge < -0.3 is 5.11 Å². The maximum absolute atomic E-state index is 11.2. The third-order valence-corrected chi connectivity index (χ3v) is 3.07. The van der Waals surface area contributed by atoms with Crippen LogP contribution in [0.4, 0.5) is 0 Å². The van der Waals surface area contributed by atoms with Gasteiger partial charge in [-0.05, 0) is 31.4 Å². The number of carboxylic acid groups (broad SMARTS) is 1. The van der Waals surface area contributed by atoms with E-state index in [1.54, 1.807) is 0 Å². The van der Waals surface area contributed by atoms with Crippen molar-refractivity contribution in [3.05, 3.63) is 35.9 Å². The Morgan fingerprint density at radius 2 is 2.06 bits per heavy atom. The van der Waals surface area contributed by atoms with E-state index < -0.39 is 5.97 Å². The lowest BCUT2D eigenvalue weighted by Gasteiger charge is -2.24. The molecule has 1 aliphatic rings. The Bertz CT molecular complexity index is 359. The molecule has 86 valence electrons. The Morgan fingerprint density at radius 1 is 1.44 bits per heavy atom. The summed E-state index contributed by atoms with van der Waals surface area (Å²) < 4.78 is 0. The minimum absolute atomic E-state index is 0.319. The second kappa shape index (κ2) is 4.66. The van der Waals surface area contributed by atoms with E-state index in [4.69, 9.17) is 0 Å². The summed E-state index contributed by atoms with van der Waals surface area (Å²) in [6.07, 6.45) is 2.10. The maximum Gasteiger partial charge on any atom is 0.321 e. The second-order valence-electron chi connectivity index (χ2n) is 4.52. The van der Waals surface area contributed by atoms with Gasteiger partial charge in [-0.25, -0.2) is 0 Å². The second-order valence-corrected chi connectivity index (χ2v) is 4.52. The first-order chi connectivity index (χ1) is 7.68. The fourth-order valence-electron chi connectivity index (χ4n) is 2.13. The van der Waals surface area contributed by atoms with Crippen LogP contribution in [0, 0.1) is 5.92 Å². The molecular weight excluding hydrogens is 202 g/mol. The van der Waals surface area contributed by atoms with Crippen LogP contribution >= 0.6 is 0 Å². The van der Waals surface area contributed by atoms with Gasteiger partial charge >= 0.3 is 5.97 Å². The molecule has 1 aromatic rings. The molecule has 0 saturated heterocycles. The van der Waals surface area contributed by atoms with E-state index in [1.807, 2.05) is 42.3 Å². The Labute approximate surface area is 95.7 Å². The van der Waals surface area contributed by atoms with Crippen molar-refractivity contribution in [2.75, 3.05) is 7.05 Å². The van der Waals surface area contributed by atoms with Gasteiger partial charge in [0.2, 0.25) is 0 Å². The Morgan fingerprint density at radius 3 is 2.56 bits per heavy atom. The fraction of sp³-hybridized carbons (Fsp3) is 0.462. The molecule has 0 aliphatic heterocycles. The molecule has 1 fully saturated rings. The van der Waals surface area contributed by atoms with E-state index in [9.17, 15) is 9.90 Å². The summed E-state index contributed by atoms with van der Waals surface area (Å²) in [7, 11) is 1.89. The minimum Gasteiger partial charge on any atom is -0.480 e. The van der Waals surface area contributed by atoms with Crippen molar-refractivity contribution in [3.63, 3.8) is 0 Å². The number of benzene rings is 1. The molecule has 0 spiro atoms. The molecule has 1 atom stereocenters. The van der Waals surface area contributed by atoms with Crippen LogP contribution in [0.25, 0.3) is 0 Å². The van der Waals surface area contributed by atoms with Gasteiger partial charge in [-0.1, -0.05) is 30.3 Å². The topological polar surface area (TPSA) is 40.5 Å². The summed E-state index contributed by atoms with van der Waals surface area (Å²) in [6.45, 7) is 0.703. The smallest absolute Gasteiger partial charge is 0.321 e. The van der Waals surface area contributed by atoms with E-state index in [-0.39, 0.29) is 6.04 Å². The molecule has 1 aliphatic carbocycles. The van der Waals surface area contributed by atoms with Crippen LogP contribution in [0.5, 0.6) is 0 Å². The van der Waals surface area contributed by atoms with Crippen molar-refractivity contribution in [2.24, 2.45) is 5.92 Å².